The number of aromatic nitrogens is 3. The van der Waals surface area contributed by atoms with Crippen LogP contribution in [0.1, 0.15) is 0 Å². The van der Waals surface area contributed by atoms with Crippen LogP contribution in [0.4, 0.5) is 11.9 Å². The summed E-state index contributed by atoms with van der Waals surface area (Å²) in [6.45, 7) is 10.7. The lowest BCUT2D eigenvalue weighted by molar-refractivity contribution is 0.973. The summed E-state index contributed by atoms with van der Waals surface area (Å²) in [6.07, 6.45) is 0. The van der Waals surface area contributed by atoms with Crippen molar-refractivity contribution in [2.75, 3.05) is 23.7 Å². The van der Waals surface area contributed by atoms with E-state index in [1.807, 2.05) is 0 Å². The molecule has 0 atom stereocenters. The smallest absolute Gasteiger partial charge is 0.350 e. The SMILES string of the molecule is [CH]CNc1nc(NC[CH])[nH]c(=O)n1. The van der Waals surface area contributed by atoms with Crippen molar-refractivity contribution in [3.63, 3.8) is 0 Å². The molecule has 1 aromatic heterocycles. The quantitative estimate of drug-likeness (QED) is 0.575. The zero-order chi connectivity index (χ0) is 9.68. The average molecular weight is 179 g/mol. The Bertz CT molecular complexity index is 294. The fourth-order valence-electron chi connectivity index (χ4n) is 0.735. The first-order valence-electron chi connectivity index (χ1n) is 3.62. The average Bonchev–Trinajstić information content (AvgIpc) is 2.04. The molecule has 1 rings (SSSR count). The zero-order valence-corrected chi connectivity index (χ0v) is 6.87. The van der Waals surface area contributed by atoms with Gasteiger partial charge in [-0.15, -0.1) is 0 Å². The van der Waals surface area contributed by atoms with Crippen molar-refractivity contribution in [1.29, 1.82) is 0 Å². The van der Waals surface area contributed by atoms with Crippen molar-refractivity contribution in [3.8, 4) is 0 Å². The summed E-state index contributed by atoms with van der Waals surface area (Å²) >= 11 is 0. The summed E-state index contributed by atoms with van der Waals surface area (Å²) in [5, 5.41) is 5.24. The van der Waals surface area contributed by atoms with Gasteiger partial charge in [-0.3, -0.25) is 4.98 Å². The van der Waals surface area contributed by atoms with Crippen LogP contribution >= 0.6 is 0 Å². The number of aromatic amines is 1. The third kappa shape index (κ3) is 2.73. The Hall–Kier alpha value is -1.59. The van der Waals surface area contributed by atoms with E-state index in [4.69, 9.17) is 13.8 Å². The van der Waals surface area contributed by atoms with Crippen LogP contribution in [0.2, 0.25) is 0 Å². The van der Waals surface area contributed by atoms with Crippen molar-refractivity contribution in [2.24, 2.45) is 0 Å². The van der Waals surface area contributed by atoms with E-state index < -0.39 is 5.69 Å². The topological polar surface area (TPSA) is 82.7 Å². The molecule has 0 aliphatic carbocycles. The minimum atomic E-state index is -0.512. The van der Waals surface area contributed by atoms with E-state index in [1.54, 1.807) is 0 Å². The number of nitrogens with zero attached hydrogens (tertiary/aromatic N) is 2. The molecule has 0 aliphatic rings. The third-order valence-corrected chi connectivity index (χ3v) is 1.18. The Morgan fingerprint density at radius 2 is 1.92 bits per heavy atom. The Labute approximate surface area is 75.8 Å². The molecule has 0 fully saturated rings. The number of hydrogen-bond acceptors (Lipinski definition) is 5. The lowest BCUT2D eigenvalue weighted by atomic mass is 10.7. The highest BCUT2D eigenvalue weighted by atomic mass is 16.1. The molecule has 13 heavy (non-hydrogen) atoms. The highest BCUT2D eigenvalue weighted by Gasteiger charge is 1.99. The van der Waals surface area contributed by atoms with Crippen LogP contribution in [0.5, 0.6) is 0 Å². The van der Waals surface area contributed by atoms with Crippen LogP contribution in [0.3, 0.4) is 0 Å². The van der Waals surface area contributed by atoms with Gasteiger partial charge in [-0.2, -0.15) is 9.97 Å². The highest BCUT2D eigenvalue weighted by molar-refractivity contribution is 5.32. The van der Waals surface area contributed by atoms with Gasteiger partial charge in [-0.1, -0.05) is 0 Å². The summed E-state index contributed by atoms with van der Waals surface area (Å²) in [5.74, 6) is 0.431. The van der Waals surface area contributed by atoms with Crippen molar-refractivity contribution in [3.05, 3.63) is 24.3 Å². The van der Waals surface area contributed by atoms with Gasteiger partial charge in [-0.25, -0.2) is 4.79 Å². The lowest BCUT2D eigenvalue weighted by Gasteiger charge is -2.03. The van der Waals surface area contributed by atoms with Crippen LogP contribution in [0, 0.1) is 13.8 Å². The van der Waals surface area contributed by atoms with Gasteiger partial charge in [0, 0.05) is 13.1 Å². The minimum absolute atomic E-state index is 0.158. The van der Waals surface area contributed by atoms with Crippen LogP contribution in [-0.2, 0) is 0 Å². The first-order valence-corrected chi connectivity index (χ1v) is 3.62. The second kappa shape index (κ2) is 4.44. The molecule has 4 radical (unpaired) electrons. The maximum Gasteiger partial charge on any atom is 0.350 e. The summed E-state index contributed by atoms with van der Waals surface area (Å²) in [4.78, 5) is 20.6. The Balaban J connectivity index is 2.90. The molecule has 0 amide bonds. The summed E-state index contributed by atoms with van der Waals surface area (Å²) in [6, 6.07) is 0. The summed E-state index contributed by atoms with van der Waals surface area (Å²) in [7, 11) is 0. The molecule has 0 spiro atoms. The van der Waals surface area contributed by atoms with Gasteiger partial charge in [-0.05, 0) is 13.8 Å². The fourth-order valence-corrected chi connectivity index (χ4v) is 0.735. The van der Waals surface area contributed by atoms with E-state index in [1.165, 1.54) is 0 Å². The van der Waals surface area contributed by atoms with Crippen LogP contribution < -0.4 is 16.3 Å². The highest BCUT2D eigenvalue weighted by Crippen LogP contribution is 1.97. The van der Waals surface area contributed by atoms with E-state index in [-0.39, 0.29) is 25.0 Å². The maximum atomic E-state index is 10.9. The van der Waals surface area contributed by atoms with Crippen LogP contribution in [0.15, 0.2) is 4.79 Å². The molecule has 0 saturated heterocycles. The van der Waals surface area contributed by atoms with Gasteiger partial charge in [0.25, 0.3) is 0 Å². The predicted molar refractivity (Wildman–Crippen MR) is 48.2 cm³/mol. The molecule has 0 aromatic carbocycles. The van der Waals surface area contributed by atoms with E-state index >= 15 is 0 Å². The minimum Gasteiger partial charge on any atom is -0.355 e. The number of nitrogens with one attached hydrogen (secondary N) is 3. The van der Waals surface area contributed by atoms with E-state index in [2.05, 4.69) is 25.6 Å². The molecule has 0 bridgehead atoms. The fraction of sp³-hybridized carbons (Fsp3) is 0.286. The summed E-state index contributed by atoms with van der Waals surface area (Å²) in [5.41, 5.74) is -0.512. The van der Waals surface area contributed by atoms with Gasteiger partial charge in [0.2, 0.25) is 11.9 Å². The molecular weight excluding hydrogens is 170 g/mol. The Kier molecular flexibility index (Phi) is 3.24. The summed E-state index contributed by atoms with van der Waals surface area (Å²) < 4.78 is 0. The van der Waals surface area contributed by atoms with E-state index in [0.717, 1.165) is 0 Å². The monoisotopic (exact) mass is 179 g/mol. The van der Waals surface area contributed by atoms with E-state index in [9.17, 15) is 4.79 Å². The third-order valence-electron chi connectivity index (χ3n) is 1.18. The van der Waals surface area contributed by atoms with Gasteiger partial charge in [0.05, 0.1) is 0 Å². The van der Waals surface area contributed by atoms with Gasteiger partial charge in [0.1, 0.15) is 0 Å². The molecule has 0 aliphatic heterocycles. The predicted octanol–water partition coefficient (Wildman–Crippen LogP) is -0.589. The van der Waals surface area contributed by atoms with Crippen molar-refractivity contribution in [2.45, 2.75) is 0 Å². The molecule has 0 unspecified atom stereocenters. The molecule has 1 aromatic rings. The molecule has 1 heterocycles. The molecule has 6 heteroatoms. The second-order valence-corrected chi connectivity index (χ2v) is 2.09. The van der Waals surface area contributed by atoms with Crippen LogP contribution in [-0.4, -0.2) is 28.0 Å². The number of rotatable bonds is 4. The van der Waals surface area contributed by atoms with Crippen molar-refractivity contribution >= 4 is 11.9 Å². The molecule has 68 valence electrons. The van der Waals surface area contributed by atoms with Crippen molar-refractivity contribution < 1.29 is 0 Å². The maximum absolute atomic E-state index is 10.9. The Morgan fingerprint density at radius 3 is 2.54 bits per heavy atom. The zero-order valence-electron chi connectivity index (χ0n) is 6.87. The van der Waals surface area contributed by atoms with Crippen LogP contribution in [0.25, 0.3) is 0 Å². The first kappa shape index (κ1) is 9.50. The number of H-pyrrole nitrogens is 1. The van der Waals surface area contributed by atoms with Crippen molar-refractivity contribution in [1.82, 2.24) is 15.0 Å². The first-order chi connectivity index (χ1) is 6.26. The largest absolute Gasteiger partial charge is 0.355 e. The number of hydrogen-bond donors (Lipinski definition) is 3. The molecule has 0 saturated carbocycles. The van der Waals surface area contributed by atoms with Gasteiger partial charge in [0.15, 0.2) is 0 Å². The van der Waals surface area contributed by atoms with E-state index in [0.29, 0.717) is 0 Å². The number of anilines is 2. The lowest BCUT2D eigenvalue weighted by Crippen LogP contribution is -2.18. The second-order valence-electron chi connectivity index (χ2n) is 2.09. The standard InChI is InChI=1S/C7H9N5O/c1-3-8-5-10-6(9-4-2)12-7(13)11-5/h1-2H,3-4H2,(H3,8,9,10,11,12,13). The molecule has 3 N–H and O–H groups in total. The Morgan fingerprint density at radius 1 is 1.23 bits per heavy atom. The molecule has 6 nitrogen and oxygen atoms in total. The normalized spacial score (nSPS) is 9.69. The van der Waals surface area contributed by atoms with Gasteiger partial charge < -0.3 is 10.6 Å². The van der Waals surface area contributed by atoms with Gasteiger partial charge >= 0.3 is 5.69 Å². The molecular formula is C7H9N5O.